The van der Waals surface area contributed by atoms with Gasteiger partial charge in [-0.25, -0.2) is 9.50 Å². The van der Waals surface area contributed by atoms with Crippen LogP contribution in [0.3, 0.4) is 0 Å². The van der Waals surface area contributed by atoms with Crippen LogP contribution in [0.25, 0.3) is 28.7 Å². The number of nitrogens with one attached hydrogen (secondary N) is 2. The number of hydrogen-bond donors (Lipinski definition) is 2. The molecule has 0 spiro atoms. The van der Waals surface area contributed by atoms with Crippen molar-refractivity contribution in [3.05, 3.63) is 73.3 Å². The number of H-pyrrole nitrogens is 1. The van der Waals surface area contributed by atoms with E-state index in [-0.39, 0.29) is 0 Å². The van der Waals surface area contributed by atoms with Crippen molar-refractivity contribution in [1.82, 2.24) is 24.8 Å². The first-order valence-electron chi connectivity index (χ1n) is 8.56. The highest BCUT2D eigenvalue weighted by molar-refractivity contribution is 7.99. The highest BCUT2D eigenvalue weighted by atomic mass is 32.2. The lowest BCUT2D eigenvalue weighted by Gasteiger charge is -2.12. The van der Waals surface area contributed by atoms with Crippen LogP contribution in [-0.2, 0) is 0 Å². The molecule has 3 aromatic heterocycles. The molecule has 0 radical (unpaired) electrons. The summed E-state index contributed by atoms with van der Waals surface area (Å²) in [4.78, 5) is 4.78. The summed E-state index contributed by atoms with van der Waals surface area (Å²) in [5.41, 5.74) is 4.77. The fraction of sp³-hybridized carbons (Fsp3) is 0.0500. The van der Waals surface area contributed by atoms with E-state index in [0.717, 1.165) is 11.1 Å². The van der Waals surface area contributed by atoms with E-state index in [0.29, 0.717) is 44.9 Å². The average molecular weight is 410 g/mol. The highest BCUT2D eigenvalue weighted by Crippen LogP contribution is 2.35. The van der Waals surface area contributed by atoms with Crippen LogP contribution >= 0.6 is 11.8 Å². The van der Waals surface area contributed by atoms with E-state index in [2.05, 4.69) is 38.8 Å². The second-order valence-corrected chi connectivity index (χ2v) is 7.10. The smallest absolute Gasteiger partial charge is 0.288 e. The summed E-state index contributed by atoms with van der Waals surface area (Å²) in [7, 11) is 0. The first-order chi connectivity index (χ1) is 14.1. The molecule has 0 unspecified atom stereocenters. The van der Waals surface area contributed by atoms with E-state index < -0.39 is 5.76 Å². The van der Waals surface area contributed by atoms with Gasteiger partial charge in [0, 0.05) is 28.5 Å². The van der Waals surface area contributed by atoms with Gasteiger partial charge in [-0.3, -0.25) is 5.10 Å². The molecule has 0 fully saturated rings. The molecule has 0 aliphatic heterocycles. The molecule has 0 atom stereocenters. The van der Waals surface area contributed by atoms with Crippen molar-refractivity contribution in [2.45, 2.75) is 10.7 Å². The number of thioether (sulfide) groups is 1. The molecule has 2 N–H and O–H groups in total. The number of aromatic amines is 1. The van der Waals surface area contributed by atoms with Gasteiger partial charge in [0.1, 0.15) is 0 Å². The third-order valence-electron chi connectivity index (χ3n) is 4.27. The molecular weight excluding hydrogens is 394 g/mol. The Kier molecular flexibility index (Phi) is 5.13. The number of fused-ring (bicyclic) bond motifs is 1. The Morgan fingerprint density at radius 2 is 2.17 bits per heavy atom. The minimum absolute atomic E-state index is 0.451. The van der Waals surface area contributed by atoms with Crippen molar-refractivity contribution in [2.75, 3.05) is 5.32 Å². The fourth-order valence-electron chi connectivity index (χ4n) is 2.96. The molecule has 0 aliphatic rings. The van der Waals surface area contributed by atoms with Crippen molar-refractivity contribution in [3.63, 3.8) is 0 Å². The van der Waals surface area contributed by atoms with Crippen LogP contribution in [0.15, 0.2) is 67.1 Å². The molecule has 0 saturated carbocycles. The van der Waals surface area contributed by atoms with Gasteiger partial charge in [0.25, 0.3) is 5.76 Å². The van der Waals surface area contributed by atoms with Crippen LogP contribution in [-0.4, -0.2) is 30.6 Å². The van der Waals surface area contributed by atoms with E-state index in [9.17, 15) is 8.78 Å². The van der Waals surface area contributed by atoms with Gasteiger partial charge in [-0.1, -0.05) is 37.1 Å². The second kappa shape index (κ2) is 7.88. The molecule has 0 aliphatic carbocycles. The lowest BCUT2D eigenvalue weighted by atomic mass is 10.0. The van der Waals surface area contributed by atoms with Crippen LogP contribution < -0.4 is 5.32 Å². The van der Waals surface area contributed by atoms with Gasteiger partial charge in [0.05, 0.1) is 29.3 Å². The van der Waals surface area contributed by atoms with Gasteiger partial charge in [0.2, 0.25) is 0 Å². The molecule has 1 aromatic carbocycles. The van der Waals surface area contributed by atoms with Crippen molar-refractivity contribution < 1.29 is 8.78 Å². The van der Waals surface area contributed by atoms with Gasteiger partial charge in [-0.2, -0.15) is 19.0 Å². The van der Waals surface area contributed by atoms with Crippen LogP contribution in [0.4, 0.5) is 14.5 Å². The molecule has 0 saturated heterocycles. The minimum Gasteiger partial charge on any atom is -0.352 e. The average Bonchev–Trinajstić information content (AvgIpc) is 3.34. The van der Waals surface area contributed by atoms with Crippen LogP contribution in [0.5, 0.6) is 0 Å². The van der Waals surface area contributed by atoms with E-state index in [4.69, 9.17) is 0 Å². The largest absolute Gasteiger partial charge is 0.352 e. The maximum absolute atomic E-state index is 12.8. The molecule has 0 bridgehead atoms. The third kappa shape index (κ3) is 3.77. The molecule has 4 rings (SSSR count). The Balaban J connectivity index is 1.69. The number of alkyl halides is 2. The molecule has 29 heavy (non-hydrogen) atoms. The Morgan fingerprint density at radius 3 is 2.97 bits per heavy atom. The zero-order chi connectivity index (χ0) is 20.4. The summed E-state index contributed by atoms with van der Waals surface area (Å²) in [6.07, 6.45) is 8.43. The van der Waals surface area contributed by atoms with Gasteiger partial charge in [-0.15, -0.1) is 0 Å². The third-order valence-corrected chi connectivity index (χ3v) is 4.97. The Labute approximate surface area is 169 Å². The zero-order valence-corrected chi connectivity index (χ0v) is 16.0. The summed E-state index contributed by atoms with van der Waals surface area (Å²) >= 11 is 0.489. The predicted molar refractivity (Wildman–Crippen MR) is 112 cm³/mol. The van der Waals surface area contributed by atoms with E-state index in [1.807, 2.05) is 0 Å². The number of halogens is 2. The van der Waals surface area contributed by atoms with Crippen molar-refractivity contribution in [2.24, 2.45) is 0 Å². The standard InChI is InChI=1S/C20H16F2N6S/c1-3-13-5-6-14(29-20(21)22)9-15(13)18-17(11-24-27-18)26-12(2)16-10-25-28-8-4-7-23-19(16)28/h3-11,20,26H,1-2H2,(H,24,27). The molecule has 3 heterocycles. The van der Waals surface area contributed by atoms with Gasteiger partial charge < -0.3 is 5.32 Å². The maximum atomic E-state index is 12.8. The van der Waals surface area contributed by atoms with Crippen LogP contribution in [0.1, 0.15) is 11.1 Å². The first kappa shape index (κ1) is 18.9. The Morgan fingerprint density at radius 1 is 1.31 bits per heavy atom. The minimum atomic E-state index is -2.50. The Bertz CT molecular complexity index is 1200. The number of aromatic nitrogens is 5. The van der Waals surface area contributed by atoms with Crippen molar-refractivity contribution >= 4 is 34.9 Å². The molecule has 6 nitrogen and oxygen atoms in total. The summed E-state index contributed by atoms with van der Waals surface area (Å²) in [6.45, 7) is 7.90. The van der Waals surface area contributed by atoms with Gasteiger partial charge in [0.15, 0.2) is 5.65 Å². The fourth-order valence-corrected chi connectivity index (χ4v) is 3.50. The summed E-state index contributed by atoms with van der Waals surface area (Å²) < 4.78 is 27.2. The van der Waals surface area contributed by atoms with Crippen molar-refractivity contribution in [3.8, 4) is 11.3 Å². The normalized spacial score (nSPS) is 11.1. The van der Waals surface area contributed by atoms with Gasteiger partial charge >= 0.3 is 0 Å². The second-order valence-electron chi connectivity index (χ2n) is 6.04. The van der Waals surface area contributed by atoms with Crippen LogP contribution in [0.2, 0.25) is 0 Å². The van der Waals surface area contributed by atoms with Crippen molar-refractivity contribution in [1.29, 1.82) is 0 Å². The van der Waals surface area contributed by atoms with Crippen LogP contribution in [0, 0.1) is 0 Å². The molecule has 4 aromatic rings. The molecule has 0 amide bonds. The lowest BCUT2D eigenvalue weighted by Crippen LogP contribution is -1.99. The number of nitrogens with zero attached hydrogens (tertiary/aromatic N) is 4. The number of benzene rings is 1. The summed E-state index contributed by atoms with van der Waals surface area (Å²) in [5, 5.41) is 14.5. The molecular formula is C20H16F2N6S. The topological polar surface area (TPSA) is 70.9 Å². The van der Waals surface area contributed by atoms with Gasteiger partial charge in [-0.05, 0) is 23.8 Å². The zero-order valence-electron chi connectivity index (χ0n) is 15.1. The van der Waals surface area contributed by atoms with E-state index >= 15 is 0 Å². The summed E-state index contributed by atoms with van der Waals surface area (Å²) in [5.74, 6) is -2.50. The lowest BCUT2D eigenvalue weighted by molar-refractivity contribution is 0.252. The molecule has 9 heteroatoms. The maximum Gasteiger partial charge on any atom is 0.288 e. The number of rotatable bonds is 7. The Hall–Kier alpha value is -3.46. The quantitative estimate of drug-likeness (QED) is 0.412. The first-order valence-corrected chi connectivity index (χ1v) is 9.44. The number of anilines is 1. The molecule has 146 valence electrons. The van der Waals surface area contributed by atoms with E-state index in [1.165, 1.54) is 0 Å². The van der Waals surface area contributed by atoms with E-state index in [1.54, 1.807) is 59.6 Å². The SMILES string of the molecule is C=Cc1ccc(SC(F)F)cc1-c1[nH]ncc1NC(=C)c1cnn2cccnc12. The monoisotopic (exact) mass is 410 g/mol. The predicted octanol–water partition coefficient (Wildman–Crippen LogP) is 5.16. The highest BCUT2D eigenvalue weighted by Gasteiger charge is 2.16. The number of hydrogen-bond acceptors (Lipinski definition) is 5. The summed E-state index contributed by atoms with van der Waals surface area (Å²) in [6, 6.07) is 6.87.